The summed E-state index contributed by atoms with van der Waals surface area (Å²) in [5.41, 5.74) is -0.197. The van der Waals surface area contributed by atoms with E-state index in [1.807, 2.05) is 13.0 Å². The fourth-order valence-electron chi connectivity index (χ4n) is 3.25. The molecule has 0 aliphatic carbocycles. The summed E-state index contributed by atoms with van der Waals surface area (Å²) < 4.78 is 21.8. The number of esters is 2. The normalized spacial score (nSPS) is 13.4. The number of methoxy groups -OCH3 is 1. The van der Waals surface area contributed by atoms with Crippen molar-refractivity contribution in [3.8, 4) is 23.3 Å². The number of ether oxygens (including phenoxy) is 4. The summed E-state index contributed by atoms with van der Waals surface area (Å²) in [6, 6.07) is 10.3. The van der Waals surface area contributed by atoms with Gasteiger partial charge in [0.15, 0.2) is 12.4 Å². The number of nitriles is 1. The highest BCUT2D eigenvalue weighted by Crippen LogP contribution is 2.43. The van der Waals surface area contributed by atoms with Gasteiger partial charge in [0.05, 0.1) is 24.4 Å². The lowest BCUT2D eigenvalue weighted by atomic mass is 10.1. The molecule has 0 N–H and O–H groups in total. The Hall–Kier alpha value is -4.06. The minimum absolute atomic E-state index is 0.0236. The van der Waals surface area contributed by atoms with Gasteiger partial charge in [-0.15, -0.1) is 0 Å². The fourth-order valence-corrected chi connectivity index (χ4v) is 3.25. The molecule has 9 heteroatoms. The van der Waals surface area contributed by atoms with Gasteiger partial charge in [-0.05, 0) is 57.5 Å². The predicted molar refractivity (Wildman–Crippen MR) is 122 cm³/mol. The van der Waals surface area contributed by atoms with Crippen LogP contribution in [0.25, 0.3) is 0 Å². The van der Waals surface area contributed by atoms with Crippen LogP contribution in [-0.4, -0.2) is 43.2 Å². The molecular formula is C25H26N2O7. The summed E-state index contributed by atoms with van der Waals surface area (Å²) in [5.74, 6) is -1.33. The number of carbonyl (C=O) groups is 3. The van der Waals surface area contributed by atoms with E-state index in [4.69, 9.17) is 14.2 Å². The Labute approximate surface area is 197 Å². The quantitative estimate of drug-likeness (QED) is 0.563. The maximum Gasteiger partial charge on any atom is 0.343 e. The molecular weight excluding hydrogens is 440 g/mol. The van der Waals surface area contributed by atoms with E-state index in [0.717, 1.165) is 0 Å². The smallest absolute Gasteiger partial charge is 0.343 e. The van der Waals surface area contributed by atoms with Crippen molar-refractivity contribution in [2.75, 3.05) is 18.6 Å². The third kappa shape index (κ3) is 4.96. The average Bonchev–Trinajstić information content (AvgIpc) is 2.94. The first-order chi connectivity index (χ1) is 16.1. The summed E-state index contributed by atoms with van der Waals surface area (Å²) in [6.07, 6.45) is 0.575. The minimum Gasteiger partial charge on any atom is -0.481 e. The van der Waals surface area contributed by atoms with Gasteiger partial charge in [0.25, 0.3) is 5.91 Å². The summed E-state index contributed by atoms with van der Waals surface area (Å²) in [4.78, 5) is 39.8. The Balaban J connectivity index is 2.13. The van der Waals surface area contributed by atoms with Gasteiger partial charge in [-0.25, -0.2) is 9.59 Å². The molecule has 0 bridgehead atoms. The van der Waals surface area contributed by atoms with Crippen molar-refractivity contribution in [1.82, 2.24) is 0 Å². The third-order valence-electron chi connectivity index (χ3n) is 5.52. The largest absolute Gasteiger partial charge is 0.481 e. The topological polar surface area (TPSA) is 115 Å². The zero-order chi connectivity index (χ0) is 25.0. The molecule has 1 heterocycles. The monoisotopic (exact) mass is 466 g/mol. The number of carbonyl (C=O) groups excluding carboxylic acids is 3. The zero-order valence-electron chi connectivity index (χ0n) is 19.7. The highest BCUT2D eigenvalue weighted by molar-refractivity contribution is 6.14. The number of hydrogen-bond acceptors (Lipinski definition) is 8. The molecule has 0 fully saturated rings. The van der Waals surface area contributed by atoms with E-state index in [1.54, 1.807) is 38.1 Å². The van der Waals surface area contributed by atoms with E-state index in [2.05, 4.69) is 4.74 Å². The summed E-state index contributed by atoms with van der Waals surface area (Å²) in [6.45, 7) is 6.56. The molecule has 0 aromatic heterocycles. The molecule has 34 heavy (non-hydrogen) atoms. The maximum atomic E-state index is 13.9. The van der Waals surface area contributed by atoms with E-state index < -0.39 is 36.1 Å². The second-order valence-electron chi connectivity index (χ2n) is 8.28. The van der Waals surface area contributed by atoms with Crippen LogP contribution in [0.15, 0.2) is 36.4 Å². The maximum absolute atomic E-state index is 13.9. The predicted octanol–water partition coefficient (Wildman–Crippen LogP) is 3.98. The number of benzene rings is 2. The number of anilines is 1. The Kier molecular flexibility index (Phi) is 7.11. The Morgan fingerprint density at radius 1 is 1.21 bits per heavy atom. The molecule has 2 aromatic rings. The third-order valence-corrected chi connectivity index (χ3v) is 5.52. The van der Waals surface area contributed by atoms with Crippen LogP contribution in [0.5, 0.6) is 17.2 Å². The van der Waals surface area contributed by atoms with Crippen molar-refractivity contribution in [2.45, 2.75) is 45.8 Å². The number of fused-ring (bicyclic) bond motifs is 2. The first-order valence-corrected chi connectivity index (χ1v) is 10.7. The van der Waals surface area contributed by atoms with Gasteiger partial charge in [-0.1, -0.05) is 13.0 Å². The first kappa shape index (κ1) is 24.6. The van der Waals surface area contributed by atoms with Gasteiger partial charge in [0, 0.05) is 0 Å². The van der Waals surface area contributed by atoms with Gasteiger partial charge in [-0.3, -0.25) is 9.69 Å². The van der Waals surface area contributed by atoms with Crippen molar-refractivity contribution in [1.29, 1.82) is 5.26 Å². The SMILES string of the molecule is CCC(C)(C)OC(=O)C(C)N1C(=O)c2c(OCC(=O)OC)cccc2Oc2ccc(C#N)cc21. The van der Waals surface area contributed by atoms with Crippen molar-refractivity contribution in [2.24, 2.45) is 0 Å². The molecule has 1 aliphatic heterocycles. The molecule has 1 amide bonds. The highest BCUT2D eigenvalue weighted by atomic mass is 16.6. The number of rotatable bonds is 7. The molecule has 9 nitrogen and oxygen atoms in total. The number of nitrogens with zero attached hydrogens (tertiary/aromatic N) is 2. The lowest BCUT2D eigenvalue weighted by Crippen LogP contribution is -2.46. The molecule has 1 atom stereocenters. The van der Waals surface area contributed by atoms with Crippen LogP contribution in [-0.2, 0) is 19.1 Å². The standard InChI is InChI=1S/C25H26N2O7/c1-6-25(3,4)34-24(30)15(2)27-17-12-16(13-26)10-11-18(17)33-20-9-7-8-19(22(20)23(27)29)32-14-21(28)31-5/h7-12,15H,6,14H2,1-5H3. The van der Waals surface area contributed by atoms with Crippen LogP contribution in [0.3, 0.4) is 0 Å². The zero-order valence-corrected chi connectivity index (χ0v) is 19.7. The molecule has 0 spiro atoms. The van der Waals surface area contributed by atoms with Gasteiger partial charge in [0.1, 0.15) is 28.7 Å². The molecule has 3 rings (SSSR count). The lowest BCUT2D eigenvalue weighted by molar-refractivity contribution is -0.157. The lowest BCUT2D eigenvalue weighted by Gasteiger charge is -2.31. The van der Waals surface area contributed by atoms with Crippen LogP contribution in [0, 0.1) is 11.3 Å². The van der Waals surface area contributed by atoms with Crippen LogP contribution in [0.2, 0.25) is 0 Å². The van der Waals surface area contributed by atoms with Crippen molar-refractivity contribution in [3.63, 3.8) is 0 Å². The van der Waals surface area contributed by atoms with E-state index in [-0.39, 0.29) is 34.1 Å². The summed E-state index contributed by atoms with van der Waals surface area (Å²) in [7, 11) is 1.22. The van der Waals surface area contributed by atoms with E-state index in [0.29, 0.717) is 6.42 Å². The Bertz CT molecular complexity index is 1170. The van der Waals surface area contributed by atoms with Crippen LogP contribution in [0.1, 0.15) is 50.0 Å². The van der Waals surface area contributed by atoms with Gasteiger partial charge >= 0.3 is 11.9 Å². The molecule has 0 saturated carbocycles. The van der Waals surface area contributed by atoms with E-state index >= 15 is 0 Å². The second kappa shape index (κ2) is 9.83. The van der Waals surface area contributed by atoms with Crippen molar-refractivity contribution in [3.05, 3.63) is 47.5 Å². The van der Waals surface area contributed by atoms with Gasteiger partial charge in [-0.2, -0.15) is 5.26 Å². The number of amides is 1. The second-order valence-corrected chi connectivity index (χ2v) is 8.28. The van der Waals surface area contributed by atoms with Crippen molar-refractivity contribution >= 4 is 23.5 Å². The molecule has 0 saturated heterocycles. The van der Waals surface area contributed by atoms with Gasteiger partial charge < -0.3 is 18.9 Å². The number of hydrogen-bond donors (Lipinski definition) is 0. The molecule has 178 valence electrons. The van der Waals surface area contributed by atoms with Gasteiger partial charge in [0.2, 0.25) is 0 Å². The van der Waals surface area contributed by atoms with E-state index in [1.165, 1.54) is 31.1 Å². The Morgan fingerprint density at radius 3 is 2.59 bits per heavy atom. The van der Waals surface area contributed by atoms with Crippen LogP contribution in [0.4, 0.5) is 5.69 Å². The Morgan fingerprint density at radius 2 is 1.94 bits per heavy atom. The molecule has 1 unspecified atom stereocenters. The fraction of sp³-hybridized carbons (Fsp3) is 0.360. The van der Waals surface area contributed by atoms with E-state index in [9.17, 15) is 19.6 Å². The van der Waals surface area contributed by atoms with Crippen molar-refractivity contribution < 1.29 is 33.3 Å². The first-order valence-electron chi connectivity index (χ1n) is 10.7. The molecule has 2 aromatic carbocycles. The molecule has 1 aliphatic rings. The van der Waals surface area contributed by atoms with Crippen LogP contribution >= 0.6 is 0 Å². The summed E-state index contributed by atoms with van der Waals surface area (Å²) in [5, 5.41) is 9.41. The average molecular weight is 466 g/mol. The minimum atomic E-state index is -1.06. The molecule has 0 radical (unpaired) electrons. The highest BCUT2D eigenvalue weighted by Gasteiger charge is 2.38. The van der Waals surface area contributed by atoms with Crippen LogP contribution < -0.4 is 14.4 Å². The summed E-state index contributed by atoms with van der Waals surface area (Å²) >= 11 is 0.